The monoisotopic (exact) mass is 906 g/mol. The fourth-order valence-electron chi connectivity index (χ4n) is 8.91. The maximum Gasteiger partial charge on any atom is 0.407 e. The van der Waals surface area contributed by atoms with Crippen LogP contribution in [-0.4, -0.2) is 99.2 Å². The lowest BCUT2D eigenvalue weighted by molar-refractivity contribution is -0.121. The zero-order valence-corrected chi connectivity index (χ0v) is 37.9. The predicted molar refractivity (Wildman–Crippen MR) is 253 cm³/mol. The molecule has 0 aliphatic heterocycles. The molecule has 4 aliphatic carbocycles. The van der Waals surface area contributed by atoms with Gasteiger partial charge in [0.05, 0.1) is 51.0 Å². The smallest absolute Gasteiger partial charge is 0.407 e. The third-order valence-corrected chi connectivity index (χ3v) is 12.8. The number of ether oxygens (including phenoxy) is 4. The van der Waals surface area contributed by atoms with Gasteiger partial charge in [0, 0.05) is 70.4 Å². The van der Waals surface area contributed by atoms with Gasteiger partial charge in [-0.05, 0) is 117 Å². The van der Waals surface area contributed by atoms with Gasteiger partial charge in [-0.2, -0.15) is 5.10 Å². The van der Waals surface area contributed by atoms with Gasteiger partial charge in [-0.1, -0.05) is 41.5 Å². The highest BCUT2D eigenvalue weighted by atomic mass is 16.6. The number of aromatic nitrogens is 2. The summed E-state index contributed by atoms with van der Waals surface area (Å²) in [4.78, 5) is 58.7. The molecular formula is C51H79N5O9. The second kappa shape index (κ2) is 29.7. The Morgan fingerprint density at radius 2 is 1.17 bits per heavy atom. The second-order valence-electron chi connectivity index (χ2n) is 17.2. The van der Waals surface area contributed by atoms with Crippen molar-refractivity contribution in [3.8, 4) is 17.5 Å². The number of nitrogens with one attached hydrogen (secondary N) is 3. The van der Waals surface area contributed by atoms with E-state index in [0.29, 0.717) is 119 Å². The Morgan fingerprint density at radius 3 is 1.66 bits per heavy atom. The lowest BCUT2D eigenvalue weighted by Crippen LogP contribution is -2.29. The molecule has 4 aliphatic rings. The first-order valence-corrected chi connectivity index (χ1v) is 23.6. The molecular weight excluding hydrogens is 827 g/mol. The normalized spacial score (nSPS) is 20.9. The van der Waals surface area contributed by atoms with Gasteiger partial charge in [-0.3, -0.25) is 14.4 Å². The fourth-order valence-corrected chi connectivity index (χ4v) is 8.91. The van der Waals surface area contributed by atoms with E-state index >= 15 is 0 Å². The molecule has 1 aromatic carbocycles. The number of aryl methyl sites for hydroxylation is 2. The highest BCUT2D eigenvalue weighted by Crippen LogP contribution is 2.53. The number of unbranched alkanes of at least 4 members (excludes halogenated alkanes) is 2. The lowest BCUT2D eigenvalue weighted by Gasteiger charge is -2.07. The van der Waals surface area contributed by atoms with Crippen molar-refractivity contribution in [2.75, 3.05) is 59.8 Å². The predicted octanol–water partition coefficient (Wildman–Crippen LogP) is 8.46. The SMILES string of the molecule is C.C.CCCCC(=O)CCOCCNC(=O)OCC1C2CCC#CCCC21.CCCCC(=O)CCOCCNC(=O)OCC1C2CCc3cn(-c4ccc(C(=O)NC)cc4)nc3CCC21. The number of alkyl carbamates (subject to hydrolysis) is 2. The van der Waals surface area contributed by atoms with Crippen LogP contribution in [0.3, 0.4) is 0 Å². The van der Waals surface area contributed by atoms with Gasteiger partial charge in [0.15, 0.2) is 0 Å². The number of hydrogen-bond donors (Lipinski definition) is 3. The molecule has 6 rings (SSSR count). The van der Waals surface area contributed by atoms with Crippen LogP contribution in [-0.2, 0) is 41.4 Å². The van der Waals surface area contributed by atoms with Gasteiger partial charge in [0.1, 0.15) is 11.6 Å². The summed E-state index contributed by atoms with van der Waals surface area (Å²) in [7, 11) is 1.62. The Morgan fingerprint density at radius 1 is 0.677 bits per heavy atom. The van der Waals surface area contributed by atoms with E-state index in [4.69, 9.17) is 24.0 Å². The van der Waals surface area contributed by atoms with E-state index in [-0.39, 0.29) is 38.4 Å². The molecule has 2 fully saturated rings. The van der Waals surface area contributed by atoms with Crippen LogP contribution in [0.1, 0.15) is 140 Å². The molecule has 2 saturated carbocycles. The maximum absolute atomic E-state index is 12.1. The number of amides is 3. The third kappa shape index (κ3) is 18.6. The summed E-state index contributed by atoms with van der Waals surface area (Å²) in [6.45, 7) is 7.48. The minimum Gasteiger partial charge on any atom is -0.449 e. The molecule has 65 heavy (non-hydrogen) atoms. The third-order valence-electron chi connectivity index (χ3n) is 12.8. The molecule has 14 heteroatoms. The van der Waals surface area contributed by atoms with Gasteiger partial charge < -0.3 is 34.9 Å². The summed E-state index contributed by atoms with van der Waals surface area (Å²) in [6, 6.07) is 7.47. The van der Waals surface area contributed by atoms with Gasteiger partial charge >= 0.3 is 12.2 Å². The molecule has 0 radical (unpaired) electrons. The largest absolute Gasteiger partial charge is 0.449 e. The van der Waals surface area contributed by atoms with Crippen molar-refractivity contribution in [3.05, 3.63) is 47.3 Å². The van der Waals surface area contributed by atoms with Crippen LogP contribution in [0, 0.1) is 47.3 Å². The summed E-state index contributed by atoms with van der Waals surface area (Å²) >= 11 is 0. The molecule has 1 aromatic heterocycles. The molecule has 5 atom stereocenters. The second-order valence-corrected chi connectivity index (χ2v) is 17.2. The number of ketones is 2. The summed E-state index contributed by atoms with van der Waals surface area (Å²) in [5.41, 5.74) is 3.98. The molecule has 2 aromatic rings. The number of fused-ring (bicyclic) bond motifs is 3. The average molecular weight is 906 g/mol. The van der Waals surface area contributed by atoms with Crippen molar-refractivity contribution in [1.29, 1.82) is 0 Å². The molecule has 0 saturated heterocycles. The zero-order valence-electron chi connectivity index (χ0n) is 37.9. The number of Topliss-reactive ketones (excluding diaryl/α,β-unsaturated/α-hetero) is 2. The number of nitrogens with zero attached hydrogens (tertiary/aromatic N) is 2. The van der Waals surface area contributed by atoms with Crippen molar-refractivity contribution >= 4 is 29.7 Å². The summed E-state index contributed by atoms with van der Waals surface area (Å²) in [5, 5.41) is 12.9. The van der Waals surface area contributed by atoms with E-state index in [2.05, 4.69) is 47.8 Å². The summed E-state index contributed by atoms with van der Waals surface area (Å²) in [5.74, 6) is 10.2. The average Bonchev–Trinajstić information content (AvgIpc) is 4.09. The van der Waals surface area contributed by atoms with Gasteiger partial charge in [-0.25, -0.2) is 14.3 Å². The highest BCUT2D eigenvalue weighted by molar-refractivity contribution is 5.94. The number of carbonyl (C=O) groups excluding carboxylic acids is 5. The topological polar surface area (TPSA) is 176 Å². The van der Waals surface area contributed by atoms with Crippen LogP contribution >= 0.6 is 0 Å². The van der Waals surface area contributed by atoms with Crippen LogP contribution in [0.15, 0.2) is 30.5 Å². The fraction of sp³-hybridized carbons (Fsp3) is 0.686. The van der Waals surface area contributed by atoms with Crippen LogP contribution in [0.25, 0.3) is 5.69 Å². The molecule has 362 valence electrons. The van der Waals surface area contributed by atoms with E-state index in [1.165, 1.54) is 5.56 Å². The van der Waals surface area contributed by atoms with E-state index in [9.17, 15) is 24.0 Å². The molecule has 1 heterocycles. The van der Waals surface area contributed by atoms with Crippen LogP contribution in [0.2, 0.25) is 0 Å². The summed E-state index contributed by atoms with van der Waals surface area (Å²) in [6.07, 6.45) is 15.6. The van der Waals surface area contributed by atoms with Crippen molar-refractivity contribution in [1.82, 2.24) is 25.7 Å². The van der Waals surface area contributed by atoms with Gasteiger partial charge in [-0.15, -0.1) is 11.8 Å². The van der Waals surface area contributed by atoms with Crippen LogP contribution < -0.4 is 16.0 Å². The molecule has 0 bridgehead atoms. The molecule has 5 unspecified atom stereocenters. The van der Waals surface area contributed by atoms with E-state index < -0.39 is 6.09 Å². The maximum atomic E-state index is 12.1. The summed E-state index contributed by atoms with van der Waals surface area (Å²) < 4.78 is 23.5. The van der Waals surface area contributed by atoms with Crippen molar-refractivity contribution in [2.45, 2.75) is 131 Å². The number of rotatable bonds is 24. The highest BCUT2D eigenvalue weighted by Gasteiger charge is 2.50. The van der Waals surface area contributed by atoms with Crippen molar-refractivity contribution < 1.29 is 42.9 Å². The van der Waals surface area contributed by atoms with Crippen LogP contribution in [0.5, 0.6) is 0 Å². The molecule has 14 nitrogen and oxygen atoms in total. The van der Waals surface area contributed by atoms with Gasteiger partial charge in [0.25, 0.3) is 5.91 Å². The van der Waals surface area contributed by atoms with Crippen LogP contribution in [0.4, 0.5) is 9.59 Å². The Kier molecular flexibility index (Phi) is 25.0. The minimum atomic E-state index is -0.408. The Labute approximate surface area is 388 Å². The van der Waals surface area contributed by atoms with Gasteiger partial charge in [0.2, 0.25) is 0 Å². The Balaban J connectivity index is 0.000000363. The first-order valence-electron chi connectivity index (χ1n) is 23.6. The molecule has 3 N–H and O–H groups in total. The minimum absolute atomic E-state index is 0. The quantitative estimate of drug-likeness (QED) is 0.0685. The molecule has 3 amide bonds. The zero-order chi connectivity index (χ0) is 44.8. The number of carbonyl (C=O) groups is 5. The number of hydrogen-bond acceptors (Lipinski definition) is 10. The number of benzene rings is 1. The van der Waals surface area contributed by atoms with E-state index in [1.807, 2.05) is 28.9 Å². The standard InChI is InChI=1S/C29H40N4O5.C20H31NO4.2CH4/c1-3-4-5-23(34)14-16-37-17-15-31-29(36)38-19-26-24-11-8-21-18-33(32-27(21)13-12-25(24)26)22-9-6-20(7-10-22)28(35)30-2;1-2-3-8-16(22)11-13-24-14-12-21-20(23)25-15-19-17-9-6-4-5-7-10-18(17)19;;/h6-7,9-10,18,24-26H,3-5,8,11-17,19H2,1-2H3,(H,30,35)(H,31,36);17-19H,2-3,6-15H2,1H3,(H,21,23);2*1H4. The Hall–Kier alpha value is -4.74. The van der Waals surface area contributed by atoms with E-state index in [0.717, 1.165) is 88.4 Å². The first-order chi connectivity index (χ1) is 30.7. The first kappa shape index (κ1) is 54.6. The lowest BCUT2D eigenvalue weighted by atomic mass is 9.99. The molecule has 0 spiro atoms. The van der Waals surface area contributed by atoms with Crippen molar-refractivity contribution in [2.24, 2.45) is 35.5 Å². The van der Waals surface area contributed by atoms with E-state index in [1.54, 1.807) is 7.05 Å². The van der Waals surface area contributed by atoms with Crippen molar-refractivity contribution in [3.63, 3.8) is 0 Å². The Bertz CT molecular complexity index is 1790.